The van der Waals surface area contributed by atoms with E-state index in [-0.39, 0.29) is 0 Å². The third-order valence-electron chi connectivity index (χ3n) is 26.8. The Kier molecular flexibility index (Phi) is 8.26. The Labute approximate surface area is 615 Å². The molecular weight excluding hydrogens is 1370 g/mol. The van der Waals surface area contributed by atoms with E-state index in [1.165, 1.54) is 191 Å². The second-order valence-corrected chi connectivity index (χ2v) is 31.9. The number of hydrogen-bond acceptors (Lipinski definition) is 5. The summed E-state index contributed by atoms with van der Waals surface area (Å²) in [6.07, 6.45) is 10.8. The molecule has 109 heavy (non-hydrogen) atoms. The lowest BCUT2D eigenvalue weighted by Gasteiger charge is -2.28. The molecule has 3 unspecified atom stereocenters. The highest BCUT2D eigenvalue weighted by Crippen LogP contribution is 2.63. The van der Waals surface area contributed by atoms with Gasteiger partial charge in [-0.1, -0.05) is 72.8 Å². The van der Waals surface area contributed by atoms with Crippen LogP contribution in [0, 0.1) is 0 Å². The highest BCUT2D eigenvalue weighted by atomic mass is 32.1. The van der Waals surface area contributed by atoms with Crippen LogP contribution in [0.3, 0.4) is 0 Å². The molecule has 0 N–H and O–H groups in total. The molecule has 3 spiro atoms. The zero-order chi connectivity index (χ0) is 69.6. The SMILES string of the molecule is Cn1ccc2c3ccc4c5c3c3n(c6ccccc6[n+]3C53c5c(ccc6ccc7ccc[n+]3c7c56)O4)c21.c1ccc2c(c1)n1c3occc3c3ccc4c5c3c1[n+]2C51c2c(ccc3ccc5ccc[n+]1c5c23)O4.c1ccc2c(c1)n1c3sccc3c3ccc4c5c3c1[n+]2C51c2c(ccc3ccc5ccc[n+]1c5c23)O4. The molecule has 12 aromatic heterocycles. The third kappa shape index (κ3) is 5.16. The van der Waals surface area contributed by atoms with Gasteiger partial charge < -0.3 is 23.2 Å². The maximum Gasteiger partial charge on any atom is 0.372 e. The van der Waals surface area contributed by atoms with Gasteiger partial charge in [-0.3, -0.25) is 0 Å². The van der Waals surface area contributed by atoms with Crippen LogP contribution >= 0.6 is 11.3 Å². The fourth-order valence-corrected chi connectivity index (χ4v) is 24.3. The zero-order valence-corrected chi connectivity index (χ0v) is 58.3. The molecule has 0 saturated heterocycles. The van der Waals surface area contributed by atoms with Gasteiger partial charge in [-0.15, -0.1) is 38.7 Å². The third-order valence-corrected chi connectivity index (χ3v) is 27.7. The summed E-state index contributed by atoms with van der Waals surface area (Å²) in [4.78, 5) is 1.29. The van der Waals surface area contributed by atoms with E-state index in [1.54, 1.807) is 6.26 Å². The summed E-state index contributed by atoms with van der Waals surface area (Å²) in [5.41, 5.74) is 22.6. The lowest BCUT2D eigenvalue weighted by atomic mass is 9.85. The van der Waals surface area contributed by atoms with Crippen LogP contribution in [0.25, 0.3) is 180 Å². The Hall–Kier alpha value is -14.3. The number of aryl methyl sites for hydroxylation is 1. The van der Waals surface area contributed by atoms with Gasteiger partial charge in [0.1, 0.15) is 67.9 Å². The van der Waals surface area contributed by atoms with Crippen molar-refractivity contribution in [1.82, 2.24) is 17.8 Å². The second-order valence-electron chi connectivity index (χ2n) is 31.1. The number of aromatic nitrogens is 10. The first-order valence-electron chi connectivity index (χ1n) is 37.3. The standard InChI is InChI=1S/C32H18N4O.C31H15N3O2.C31H15N3OS/c1-33-16-14-20-19-11-13-24-28-26(19)31-35(30(20)33)21-6-2-3-7-22(21)36(31)32(28)27-23(37-24)12-10-17-8-9-18-5-4-15-34(32)29(18)25(17)27;1-2-6-21-20(5-1)33-29-25-18(19-13-15-35-30(19)33)10-12-23-27(25)31(34(21)29)26-22(36-23)11-9-16-7-8-17-4-3-14-32(31)28(17)24(16)26;1-2-6-21-20(5-1)33-29-25-18(19-13-15-36-30(19)33)10-12-23-27(25)31(34(21)29)26-22(35-23)11-9-16-7-8-17-4-3-14-32(31)28(17)24(16)26/h2-16H,1H3;2*1-15H/q3*+2. The molecule has 15 heteroatoms. The van der Waals surface area contributed by atoms with E-state index in [4.69, 9.17) is 18.6 Å². The van der Waals surface area contributed by atoms with Gasteiger partial charge in [-0.25, -0.2) is 0 Å². The molecule has 12 aromatic carbocycles. The fraction of sp³-hybridized carbons (Fsp3) is 0.0426. The molecule has 33 rings (SSSR count). The predicted octanol–water partition coefficient (Wildman–Crippen LogP) is 17.9. The highest BCUT2D eigenvalue weighted by molar-refractivity contribution is 7.17. The van der Waals surface area contributed by atoms with E-state index < -0.39 is 17.0 Å². The number of nitrogens with zero attached hydrogens (tertiary/aromatic N) is 10. The summed E-state index contributed by atoms with van der Waals surface area (Å²) in [6.45, 7) is 0. The predicted molar refractivity (Wildman–Crippen MR) is 419 cm³/mol. The van der Waals surface area contributed by atoms with E-state index in [2.05, 4.69) is 319 Å². The fourth-order valence-electron chi connectivity index (χ4n) is 23.4. The molecule has 498 valence electrons. The van der Waals surface area contributed by atoms with Gasteiger partial charge in [0.05, 0.1) is 44.0 Å². The van der Waals surface area contributed by atoms with Gasteiger partial charge in [0.15, 0.2) is 56.5 Å². The van der Waals surface area contributed by atoms with Crippen molar-refractivity contribution in [2.75, 3.05) is 0 Å². The average molecular weight is 1410 g/mol. The monoisotopic (exact) mass is 1410 g/mol. The minimum absolute atomic E-state index is 0.536. The van der Waals surface area contributed by atoms with Crippen LogP contribution in [0.5, 0.6) is 34.5 Å². The van der Waals surface area contributed by atoms with Crippen LogP contribution in [-0.2, 0) is 24.0 Å². The summed E-state index contributed by atoms with van der Waals surface area (Å²) in [5, 5.41) is 24.9. The van der Waals surface area contributed by atoms with Crippen LogP contribution in [0.1, 0.15) is 33.4 Å². The van der Waals surface area contributed by atoms with Crippen LogP contribution < -0.4 is 41.6 Å². The summed E-state index contributed by atoms with van der Waals surface area (Å²) in [5.74, 6) is 5.65. The number of rotatable bonds is 0. The zero-order valence-electron chi connectivity index (χ0n) is 57.5. The minimum atomic E-state index is -0.583. The molecular formula is C94H48N10O4S+6. The molecule has 0 fully saturated rings. The van der Waals surface area contributed by atoms with Crippen molar-refractivity contribution in [2.45, 2.75) is 17.0 Å². The van der Waals surface area contributed by atoms with Crippen LogP contribution in [0.15, 0.2) is 277 Å². The number of imidazole rings is 3. The Morgan fingerprint density at radius 3 is 1.19 bits per heavy atom. The van der Waals surface area contributed by atoms with E-state index in [0.717, 1.165) is 56.8 Å². The number of hydrogen-bond donors (Lipinski definition) is 0. The Balaban J connectivity index is 0.0000000831. The first-order valence-corrected chi connectivity index (χ1v) is 38.2. The number of pyridine rings is 6. The van der Waals surface area contributed by atoms with Crippen LogP contribution in [0.4, 0.5) is 0 Å². The summed E-state index contributed by atoms with van der Waals surface area (Å²) >= 11 is 1.82. The van der Waals surface area contributed by atoms with Crippen molar-refractivity contribution in [3.63, 3.8) is 0 Å². The Morgan fingerprint density at radius 1 is 0.321 bits per heavy atom. The normalized spacial score (nSPS) is 18.3. The number of furan rings is 1. The quantitative estimate of drug-likeness (QED) is 0.112. The first kappa shape index (κ1) is 53.5. The molecule has 0 radical (unpaired) electrons. The van der Waals surface area contributed by atoms with Crippen molar-refractivity contribution >= 4 is 191 Å². The van der Waals surface area contributed by atoms with E-state index in [0.29, 0.717) is 0 Å². The molecule has 3 atom stereocenters. The van der Waals surface area contributed by atoms with Gasteiger partial charge in [0.2, 0.25) is 22.2 Å². The van der Waals surface area contributed by atoms with Crippen molar-refractivity contribution in [3.8, 4) is 34.5 Å². The van der Waals surface area contributed by atoms with Gasteiger partial charge in [-0.05, 0) is 167 Å². The largest absolute Gasteiger partial charge is 0.456 e. The highest BCUT2D eigenvalue weighted by Gasteiger charge is 2.72. The van der Waals surface area contributed by atoms with E-state index in [9.17, 15) is 0 Å². The molecule has 0 aliphatic carbocycles. The molecule has 0 amide bonds. The molecule has 0 bridgehead atoms. The van der Waals surface area contributed by atoms with Gasteiger partial charge >= 0.3 is 39.6 Å². The maximum atomic E-state index is 6.76. The van der Waals surface area contributed by atoms with Crippen LogP contribution in [0.2, 0.25) is 0 Å². The summed E-state index contributed by atoms with van der Waals surface area (Å²) in [6, 6.07) is 86.2. The number of thiophene rings is 1. The number of ether oxygens (including phenoxy) is 3. The van der Waals surface area contributed by atoms with Gasteiger partial charge in [-0.2, -0.15) is 13.2 Å². The van der Waals surface area contributed by atoms with Crippen molar-refractivity contribution in [3.05, 3.63) is 306 Å². The van der Waals surface area contributed by atoms with Crippen molar-refractivity contribution in [2.24, 2.45) is 7.05 Å². The molecule has 0 saturated carbocycles. The van der Waals surface area contributed by atoms with E-state index in [1.807, 2.05) is 11.3 Å². The number of fused-ring (bicyclic) bond motifs is 18. The Morgan fingerprint density at radius 2 is 0.706 bits per heavy atom. The van der Waals surface area contributed by atoms with E-state index >= 15 is 0 Å². The second kappa shape index (κ2) is 16.8. The van der Waals surface area contributed by atoms with Gasteiger partial charge in [0, 0.05) is 74.5 Å². The lowest BCUT2D eigenvalue weighted by molar-refractivity contribution is -0.935. The van der Waals surface area contributed by atoms with Crippen molar-refractivity contribution < 1.29 is 46.0 Å². The topological polar surface area (TPSA) is 82.3 Å². The number of benzene rings is 12. The molecule has 21 heterocycles. The van der Waals surface area contributed by atoms with Crippen LogP contribution in [-0.4, -0.2) is 17.8 Å². The molecule has 14 nitrogen and oxygen atoms in total. The minimum Gasteiger partial charge on any atom is -0.456 e. The Bertz CT molecular complexity index is 8580. The maximum absolute atomic E-state index is 6.76. The average Bonchev–Trinajstić information content (AvgIpc) is 1.47. The smallest absolute Gasteiger partial charge is 0.372 e. The van der Waals surface area contributed by atoms with Gasteiger partial charge in [0.25, 0.3) is 0 Å². The summed E-state index contributed by atoms with van der Waals surface area (Å²) < 4.78 is 51.3. The molecule has 24 aromatic rings. The number of para-hydroxylation sites is 6. The summed E-state index contributed by atoms with van der Waals surface area (Å²) in [7, 11) is 2.15. The first-order chi connectivity index (χ1) is 54.0. The van der Waals surface area contributed by atoms with Crippen molar-refractivity contribution in [1.29, 1.82) is 0 Å². The lowest BCUT2D eigenvalue weighted by Crippen LogP contribution is -2.72. The molecule has 9 aliphatic heterocycles. The molecule has 9 aliphatic rings.